The van der Waals surface area contributed by atoms with Crippen molar-refractivity contribution in [3.8, 4) is 0 Å². The molecule has 1 aliphatic rings. The Labute approximate surface area is 103 Å². The van der Waals surface area contributed by atoms with Crippen molar-refractivity contribution < 1.29 is 19.1 Å². The first-order chi connectivity index (χ1) is 8.56. The highest BCUT2D eigenvalue weighted by Crippen LogP contribution is 2.31. The first kappa shape index (κ1) is 12.5. The standard InChI is InChI=1S/C12H13FN2O3/c13-10-4-3-9(6-14-10)15-11(16)7-1-2-8(5-7)12(17)18/h3-4,6-8H,1-2,5H2,(H,15,16)(H,17,18)/t7-,8+/m1/s1. The molecule has 18 heavy (non-hydrogen) atoms. The minimum atomic E-state index is -0.853. The van der Waals surface area contributed by atoms with E-state index in [9.17, 15) is 14.0 Å². The van der Waals surface area contributed by atoms with Gasteiger partial charge < -0.3 is 10.4 Å². The average molecular weight is 252 g/mol. The molecule has 1 heterocycles. The highest BCUT2D eigenvalue weighted by Gasteiger charge is 2.33. The van der Waals surface area contributed by atoms with Gasteiger partial charge in [-0.15, -0.1) is 0 Å². The van der Waals surface area contributed by atoms with Gasteiger partial charge in [-0.3, -0.25) is 9.59 Å². The fraction of sp³-hybridized carbons (Fsp3) is 0.417. The van der Waals surface area contributed by atoms with Gasteiger partial charge in [0.15, 0.2) is 0 Å². The Morgan fingerprint density at radius 3 is 2.61 bits per heavy atom. The van der Waals surface area contributed by atoms with E-state index in [2.05, 4.69) is 10.3 Å². The van der Waals surface area contributed by atoms with E-state index in [1.165, 1.54) is 12.3 Å². The molecule has 0 spiro atoms. The van der Waals surface area contributed by atoms with Gasteiger partial charge in [0.25, 0.3) is 0 Å². The number of carboxylic acid groups (broad SMARTS) is 1. The normalized spacial score (nSPS) is 22.7. The second-order valence-corrected chi connectivity index (χ2v) is 4.40. The topological polar surface area (TPSA) is 79.3 Å². The molecule has 2 atom stereocenters. The van der Waals surface area contributed by atoms with Crippen molar-refractivity contribution in [2.75, 3.05) is 5.32 Å². The first-order valence-corrected chi connectivity index (χ1v) is 5.71. The van der Waals surface area contributed by atoms with Crippen LogP contribution in [0.3, 0.4) is 0 Å². The lowest BCUT2D eigenvalue weighted by Crippen LogP contribution is -2.21. The van der Waals surface area contributed by atoms with Crippen LogP contribution in [0.25, 0.3) is 0 Å². The van der Waals surface area contributed by atoms with E-state index in [0.717, 1.165) is 6.07 Å². The number of rotatable bonds is 3. The molecule has 0 unspecified atom stereocenters. The van der Waals surface area contributed by atoms with E-state index in [1.807, 2.05) is 0 Å². The molecular formula is C12H13FN2O3. The van der Waals surface area contributed by atoms with Crippen LogP contribution in [0.15, 0.2) is 18.3 Å². The highest BCUT2D eigenvalue weighted by atomic mass is 19.1. The Balaban J connectivity index is 1.93. The Morgan fingerprint density at radius 1 is 1.33 bits per heavy atom. The lowest BCUT2D eigenvalue weighted by Gasteiger charge is -2.10. The number of aromatic nitrogens is 1. The number of anilines is 1. The molecule has 0 saturated heterocycles. The van der Waals surface area contributed by atoms with E-state index >= 15 is 0 Å². The number of nitrogens with one attached hydrogen (secondary N) is 1. The molecule has 0 radical (unpaired) electrons. The zero-order chi connectivity index (χ0) is 13.1. The molecule has 1 aromatic heterocycles. The lowest BCUT2D eigenvalue weighted by atomic mass is 10.0. The zero-order valence-electron chi connectivity index (χ0n) is 9.60. The summed E-state index contributed by atoms with van der Waals surface area (Å²) in [5.41, 5.74) is 0.417. The minimum absolute atomic E-state index is 0.229. The third-order valence-electron chi connectivity index (χ3n) is 3.15. The maximum absolute atomic E-state index is 12.6. The van der Waals surface area contributed by atoms with Crippen LogP contribution in [-0.2, 0) is 9.59 Å². The van der Waals surface area contributed by atoms with E-state index in [1.54, 1.807) is 0 Å². The minimum Gasteiger partial charge on any atom is -0.481 e. The Hall–Kier alpha value is -1.98. The summed E-state index contributed by atoms with van der Waals surface area (Å²) in [6.07, 6.45) is 2.68. The van der Waals surface area contributed by atoms with Crippen LogP contribution in [-0.4, -0.2) is 22.0 Å². The van der Waals surface area contributed by atoms with Crippen molar-refractivity contribution in [2.24, 2.45) is 11.8 Å². The lowest BCUT2D eigenvalue weighted by molar-refractivity contribution is -0.141. The molecule has 1 fully saturated rings. The Kier molecular flexibility index (Phi) is 3.55. The van der Waals surface area contributed by atoms with Crippen molar-refractivity contribution in [1.82, 2.24) is 4.98 Å². The summed E-state index contributed by atoms with van der Waals surface area (Å²) in [5, 5.41) is 11.5. The smallest absolute Gasteiger partial charge is 0.306 e. The number of carbonyl (C=O) groups is 2. The molecule has 6 heteroatoms. The molecule has 1 aromatic rings. The number of nitrogens with zero attached hydrogens (tertiary/aromatic N) is 1. The number of aliphatic carboxylic acids is 1. The Morgan fingerprint density at radius 2 is 2.06 bits per heavy atom. The number of pyridine rings is 1. The van der Waals surface area contributed by atoms with Gasteiger partial charge in [0.1, 0.15) is 0 Å². The highest BCUT2D eigenvalue weighted by molar-refractivity contribution is 5.93. The van der Waals surface area contributed by atoms with Crippen LogP contribution in [0.5, 0.6) is 0 Å². The van der Waals surface area contributed by atoms with Crippen LogP contribution in [0.2, 0.25) is 0 Å². The molecule has 2 rings (SSSR count). The summed E-state index contributed by atoms with van der Waals surface area (Å²) in [5.74, 6) is -2.43. The van der Waals surface area contributed by atoms with Gasteiger partial charge in [0.2, 0.25) is 11.9 Å². The second kappa shape index (κ2) is 5.12. The fourth-order valence-electron chi connectivity index (χ4n) is 2.14. The number of amides is 1. The predicted octanol–water partition coefficient (Wildman–Crippen LogP) is 1.66. The number of halogens is 1. The van der Waals surface area contributed by atoms with E-state index in [4.69, 9.17) is 5.11 Å². The number of carboxylic acids is 1. The van der Waals surface area contributed by atoms with Crippen LogP contribution >= 0.6 is 0 Å². The molecule has 1 aliphatic carbocycles. The summed E-state index contributed by atoms with van der Waals surface area (Å²) in [4.78, 5) is 26.1. The summed E-state index contributed by atoms with van der Waals surface area (Å²) in [6.45, 7) is 0. The van der Waals surface area contributed by atoms with Gasteiger partial charge in [-0.2, -0.15) is 4.39 Å². The third-order valence-corrected chi connectivity index (χ3v) is 3.15. The number of carbonyl (C=O) groups excluding carboxylic acids is 1. The van der Waals surface area contributed by atoms with Crippen LogP contribution in [0.4, 0.5) is 10.1 Å². The Bertz CT molecular complexity index is 461. The monoisotopic (exact) mass is 252 g/mol. The molecule has 0 bridgehead atoms. The van der Waals surface area contributed by atoms with Gasteiger partial charge in [-0.25, -0.2) is 4.98 Å². The molecule has 0 aromatic carbocycles. The van der Waals surface area contributed by atoms with Gasteiger partial charge in [-0.1, -0.05) is 0 Å². The van der Waals surface area contributed by atoms with Crippen molar-refractivity contribution in [3.05, 3.63) is 24.3 Å². The summed E-state index contributed by atoms with van der Waals surface area (Å²) >= 11 is 0. The summed E-state index contributed by atoms with van der Waals surface area (Å²) in [7, 11) is 0. The van der Waals surface area contributed by atoms with Gasteiger partial charge in [0.05, 0.1) is 17.8 Å². The van der Waals surface area contributed by atoms with Gasteiger partial charge in [-0.05, 0) is 31.4 Å². The van der Waals surface area contributed by atoms with Crippen LogP contribution in [0, 0.1) is 17.8 Å². The van der Waals surface area contributed by atoms with Crippen molar-refractivity contribution in [3.63, 3.8) is 0 Å². The van der Waals surface area contributed by atoms with E-state index in [0.29, 0.717) is 24.9 Å². The van der Waals surface area contributed by atoms with Crippen LogP contribution in [0.1, 0.15) is 19.3 Å². The predicted molar refractivity (Wildman–Crippen MR) is 61.3 cm³/mol. The maximum atomic E-state index is 12.6. The number of hydrogen-bond acceptors (Lipinski definition) is 3. The van der Waals surface area contributed by atoms with Crippen molar-refractivity contribution >= 4 is 17.6 Å². The summed E-state index contributed by atoms with van der Waals surface area (Å²) < 4.78 is 12.6. The largest absolute Gasteiger partial charge is 0.481 e. The molecule has 5 nitrogen and oxygen atoms in total. The molecular weight excluding hydrogens is 239 g/mol. The zero-order valence-corrected chi connectivity index (χ0v) is 9.60. The third kappa shape index (κ3) is 2.82. The molecule has 96 valence electrons. The van der Waals surface area contributed by atoms with Gasteiger partial charge >= 0.3 is 5.97 Å². The van der Waals surface area contributed by atoms with Crippen molar-refractivity contribution in [2.45, 2.75) is 19.3 Å². The molecule has 1 saturated carbocycles. The maximum Gasteiger partial charge on any atom is 0.306 e. The van der Waals surface area contributed by atoms with Crippen molar-refractivity contribution in [1.29, 1.82) is 0 Å². The SMILES string of the molecule is O=C(O)[C@H]1CC[C@@H](C(=O)Nc2ccc(F)nc2)C1. The molecule has 2 N–H and O–H groups in total. The quantitative estimate of drug-likeness (QED) is 0.802. The summed E-state index contributed by atoms with van der Waals surface area (Å²) in [6, 6.07) is 2.58. The molecule has 0 aliphatic heterocycles. The number of hydrogen-bond donors (Lipinski definition) is 2. The van der Waals surface area contributed by atoms with E-state index in [-0.39, 0.29) is 11.8 Å². The van der Waals surface area contributed by atoms with Crippen LogP contribution < -0.4 is 5.32 Å². The average Bonchev–Trinajstić information content (AvgIpc) is 2.81. The van der Waals surface area contributed by atoms with E-state index < -0.39 is 17.8 Å². The first-order valence-electron chi connectivity index (χ1n) is 5.71. The molecule has 1 amide bonds. The fourth-order valence-corrected chi connectivity index (χ4v) is 2.14. The second-order valence-electron chi connectivity index (χ2n) is 4.40. The van der Waals surface area contributed by atoms with Gasteiger partial charge in [0, 0.05) is 5.92 Å².